The van der Waals surface area contributed by atoms with E-state index in [2.05, 4.69) is 6.92 Å². The van der Waals surface area contributed by atoms with Gasteiger partial charge in [0.05, 0.1) is 5.60 Å². The van der Waals surface area contributed by atoms with E-state index < -0.39 is 11.2 Å². The van der Waals surface area contributed by atoms with Crippen LogP contribution in [-0.4, -0.2) is 33.0 Å². The Morgan fingerprint density at radius 2 is 1.74 bits per heavy atom. The van der Waals surface area contributed by atoms with E-state index in [1.54, 1.807) is 0 Å². The molecule has 0 aromatic rings. The smallest absolute Gasteiger partial charge is 0.139 e. The van der Waals surface area contributed by atoms with Crippen molar-refractivity contribution >= 4 is 11.6 Å². The number of Topliss-reactive ketones (excluding diaryl/α,β-unsaturated/α-hetero) is 2. The second-order valence-electron chi connectivity index (χ2n) is 9.00. The van der Waals surface area contributed by atoms with Crippen LogP contribution in [0.1, 0.15) is 65.2 Å². The molecular weight excluding hydrogens is 292 g/mol. The molecule has 0 radical (unpaired) electrons. The Morgan fingerprint density at radius 3 is 2.48 bits per heavy atom. The van der Waals surface area contributed by atoms with Crippen LogP contribution in [0.15, 0.2) is 0 Å². The molecule has 0 saturated heterocycles. The van der Waals surface area contributed by atoms with E-state index in [0.717, 1.165) is 25.7 Å². The molecule has 4 aliphatic carbocycles. The highest BCUT2D eigenvalue weighted by Crippen LogP contribution is 2.64. The van der Waals surface area contributed by atoms with Crippen molar-refractivity contribution in [1.29, 1.82) is 0 Å². The number of fused-ring (bicyclic) bond motifs is 5. The lowest BCUT2D eigenvalue weighted by atomic mass is 9.45. The lowest BCUT2D eigenvalue weighted by molar-refractivity contribution is -0.267. The maximum absolute atomic E-state index is 12.4. The molecule has 4 heteroatoms. The standard InChI is InChI=1S/C19H28O4/c1-11-9-13-14-3-4-16(21)17(14,2)7-6-15(13)18(22)8-5-12(20)10-19(11,18)23/h11,13-15,22-23H,3-10H2,1-2H3/t11?,13-,14-,15-,17-,18?,19?/m0/s1. The number of hydrogen-bond donors (Lipinski definition) is 2. The first-order valence-electron chi connectivity index (χ1n) is 9.22. The summed E-state index contributed by atoms with van der Waals surface area (Å²) >= 11 is 0. The van der Waals surface area contributed by atoms with Gasteiger partial charge in [0.15, 0.2) is 0 Å². The molecule has 3 unspecified atom stereocenters. The van der Waals surface area contributed by atoms with Gasteiger partial charge in [0, 0.05) is 24.7 Å². The second kappa shape index (κ2) is 4.66. The normalized spacial score (nSPS) is 56.0. The summed E-state index contributed by atoms with van der Waals surface area (Å²) < 4.78 is 0. The first kappa shape index (κ1) is 15.8. The average molecular weight is 320 g/mol. The fourth-order valence-corrected chi connectivity index (χ4v) is 6.78. The SMILES string of the molecule is CC1C[C@@H]2[C@H](CC[C@]3(C)C(=O)CC[C@@H]23)C2(O)CCC(=O)CC12O. The molecule has 0 spiro atoms. The number of hydrogen-bond acceptors (Lipinski definition) is 4. The molecule has 0 amide bonds. The molecule has 2 N–H and O–H groups in total. The summed E-state index contributed by atoms with van der Waals surface area (Å²) in [6.07, 6.45) is 4.87. The van der Waals surface area contributed by atoms with Crippen molar-refractivity contribution in [3.63, 3.8) is 0 Å². The van der Waals surface area contributed by atoms with E-state index in [-0.39, 0.29) is 29.5 Å². The lowest BCUT2D eigenvalue weighted by Gasteiger charge is -2.63. The van der Waals surface area contributed by atoms with E-state index in [9.17, 15) is 19.8 Å². The third-order valence-corrected chi connectivity index (χ3v) is 8.20. The zero-order valence-electron chi connectivity index (χ0n) is 14.2. The molecule has 7 atom stereocenters. The van der Waals surface area contributed by atoms with Gasteiger partial charge in [-0.25, -0.2) is 0 Å². The molecule has 4 rings (SSSR count). The minimum absolute atomic E-state index is 0.0285. The Bertz CT molecular complexity index is 572. The minimum Gasteiger partial charge on any atom is -0.387 e. The number of aliphatic hydroxyl groups is 2. The van der Waals surface area contributed by atoms with Crippen LogP contribution in [0.5, 0.6) is 0 Å². The fourth-order valence-electron chi connectivity index (χ4n) is 6.78. The molecule has 4 nitrogen and oxygen atoms in total. The van der Waals surface area contributed by atoms with Crippen molar-refractivity contribution in [2.75, 3.05) is 0 Å². The van der Waals surface area contributed by atoms with Gasteiger partial charge in [-0.05, 0) is 55.8 Å². The zero-order chi connectivity index (χ0) is 16.6. The third-order valence-electron chi connectivity index (χ3n) is 8.20. The lowest BCUT2D eigenvalue weighted by Crippen LogP contribution is -2.71. The van der Waals surface area contributed by atoms with Crippen molar-refractivity contribution in [2.45, 2.75) is 76.4 Å². The molecule has 4 fully saturated rings. The summed E-state index contributed by atoms with van der Waals surface area (Å²) in [5.41, 5.74) is -2.66. The van der Waals surface area contributed by atoms with Crippen LogP contribution in [0.4, 0.5) is 0 Å². The van der Waals surface area contributed by atoms with E-state index in [1.165, 1.54) is 0 Å². The largest absolute Gasteiger partial charge is 0.387 e. The molecular formula is C19H28O4. The van der Waals surface area contributed by atoms with Gasteiger partial charge in [0.25, 0.3) is 0 Å². The fraction of sp³-hybridized carbons (Fsp3) is 0.895. The van der Waals surface area contributed by atoms with Crippen molar-refractivity contribution < 1.29 is 19.8 Å². The van der Waals surface area contributed by atoms with Crippen LogP contribution in [0.3, 0.4) is 0 Å². The monoisotopic (exact) mass is 320 g/mol. The Hall–Kier alpha value is -0.740. The summed E-state index contributed by atoms with van der Waals surface area (Å²) in [6, 6.07) is 0. The zero-order valence-corrected chi connectivity index (χ0v) is 14.2. The molecule has 0 aromatic heterocycles. The quantitative estimate of drug-likeness (QED) is 0.718. The van der Waals surface area contributed by atoms with Gasteiger partial charge in [-0.2, -0.15) is 0 Å². The second-order valence-corrected chi connectivity index (χ2v) is 9.00. The summed E-state index contributed by atoms with van der Waals surface area (Å²) in [7, 11) is 0. The van der Waals surface area contributed by atoms with E-state index >= 15 is 0 Å². The summed E-state index contributed by atoms with van der Waals surface area (Å²) in [5, 5.41) is 22.8. The van der Waals surface area contributed by atoms with Gasteiger partial charge in [-0.15, -0.1) is 0 Å². The van der Waals surface area contributed by atoms with Gasteiger partial charge in [0.1, 0.15) is 17.2 Å². The van der Waals surface area contributed by atoms with Gasteiger partial charge in [-0.3, -0.25) is 9.59 Å². The first-order valence-corrected chi connectivity index (χ1v) is 9.22. The maximum atomic E-state index is 12.4. The van der Waals surface area contributed by atoms with Crippen molar-refractivity contribution in [3.05, 3.63) is 0 Å². The molecule has 4 saturated carbocycles. The molecule has 23 heavy (non-hydrogen) atoms. The summed E-state index contributed by atoms with van der Waals surface area (Å²) in [4.78, 5) is 24.3. The minimum atomic E-state index is -1.28. The van der Waals surface area contributed by atoms with Gasteiger partial charge in [0.2, 0.25) is 0 Å². The molecule has 0 heterocycles. The van der Waals surface area contributed by atoms with Crippen LogP contribution < -0.4 is 0 Å². The van der Waals surface area contributed by atoms with Crippen LogP contribution in [0.25, 0.3) is 0 Å². The summed E-state index contributed by atoms with van der Waals surface area (Å²) in [5.74, 6) is 1.02. The number of ketones is 2. The highest BCUT2D eigenvalue weighted by atomic mass is 16.4. The molecule has 0 aromatic carbocycles. The third kappa shape index (κ3) is 1.80. The first-order chi connectivity index (χ1) is 10.7. The van der Waals surface area contributed by atoms with Crippen molar-refractivity contribution in [3.8, 4) is 0 Å². The molecule has 128 valence electrons. The average Bonchev–Trinajstić information content (AvgIpc) is 2.79. The Balaban J connectivity index is 1.74. The van der Waals surface area contributed by atoms with Crippen molar-refractivity contribution in [2.24, 2.45) is 29.1 Å². The molecule has 0 aliphatic heterocycles. The number of carbonyl (C=O) groups excluding carboxylic acids is 2. The van der Waals surface area contributed by atoms with Crippen LogP contribution in [0, 0.1) is 29.1 Å². The van der Waals surface area contributed by atoms with Crippen molar-refractivity contribution in [1.82, 2.24) is 0 Å². The highest BCUT2D eigenvalue weighted by molar-refractivity contribution is 5.87. The maximum Gasteiger partial charge on any atom is 0.139 e. The van der Waals surface area contributed by atoms with Gasteiger partial charge in [-0.1, -0.05) is 13.8 Å². The van der Waals surface area contributed by atoms with Crippen LogP contribution in [-0.2, 0) is 9.59 Å². The predicted octanol–water partition coefficient (Wildman–Crippen LogP) is 2.25. The van der Waals surface area contributed by atoms with Gasteiger partial charge >= 0.3 is 0 Å². The Labute approximate surface area is 137 Å². The van der Waals surface area contributed by atoms with Crippen LogP contribution in [0.2, 0.25) is 0 Å². The topological polar surface area (TPSA) is 74.6 Å². The van der Waals surface area contributed by atoms with E-state index in [1.807, 2.05) is 6.92 Å². The van der Waals surface area contributed by atoms with Crippen LogP contribution >= 0.6 is 0 Å². The molecule has 4 aliphatic rings. The summed E-state index contributed by atoms with van der Waals surface area (Å²) in [6.45, 7) is 4.09. The van der Waals surface area contributed by atoms with E-state index in [0.29, 0.717) is 36.9 Å². The van der Waals surface area contributed by atoms with Gasteiger partial charge < -0.3 is 10.2 Å². The molecule has 0 bridgehead atoms. The van der Waals surface area contributed by atoms with E-state index in [4.69, 9.17) is 0 Å². The highest BCUT2D eigenvalue weighted by Gasteiger charge is 2.68. The Morgan fingerprint density at radius 1 is 1.00 bits per heavy atom. The number of carbonyl (C=O) groups is 2. The predicted molar refractivity (Wildman–Crippen MR) is 84.6 cm³/mol. The Kier molecular flexibility index (Phi) is 3.20. The number of rotatable bonds is 0.